The van der Waals surface area contributed by atoms with Gasteiger partial charge in [-0.3, -0.25) is 0 Å². The summed E-state index contributed by atoms with van der Waals surface area (Å²) in [5, 5.41) is 0. The summed E-state index contributed by atoms with van der Waals surface area (Å²) in [6.07, 6.45) is 5.90. The first-order valence-corrected chi connectivity index (χ1v) is 9.00. The van der Waals surface area contributed by atoms with Gasteiger partial charge in [0.25, 0.3) is 0 Å². The molecule has 0 amide bonds. The summed E-state index contributed by atoms with van der Waals surface area (Å²) >= 11 is 0. The highest BCUT2D eigenvalue weighted by atomic mass is 16.5. The predicted octanol–water partition coefficient (Wildman–Crippen LogP) is 6.64. The average Bonchev–Trinajstić information content (AvgIpc) is 2.60. The van der Waals surface area contributed by atoms with Gasteiger partial charge >= 0.3 is 0 Å². The third-order valence-corrected chi connectivity index (χ3v) is 4.30. The first kappa shape index (κ1) is 18.5. The number of rotatable bonds is 9. The molecule has 128 valence electrons. The molecule has 0 aromatic heterocycles. The van der Waals surface area contributed by atoms with Crippen LogP contribution in [0.15, 0.2) is 66.2 Å². The largest absolute Gasteiger partial charge is 0.377 e. The Bertz CT molecular complexity index is 606. The second-order valence-corrected chi connectivity index (χ2v) is 6.87. The second kappa shape index (κ2) is 10.1. The number of benzene rings is 2. The van der Waals surface area contributed by atoms with E-state index in [0.717, 1.165) is 18.9 Å². The van der Waals surface area contributed by atoms with Gasteiger partial charge in [-0.1, -0.05) is 73.2 Å². The molecule has 0 radical (unpaired) electrons. The summed E-state index contributed by atoms with van der Waals surface area (Å²) in [6.45, 7) is 8.19. The molecule has 1 unspecified atom stereocenters. The summed E-state index contributed by atoms with van der Waals surface area (Å²) in [6, 6.07) is 19.2. The van der Waals surface area contributed by atoms with Crippen molar-refractivity contribution in [3.63, 3.8) is 0 Å². The molecule has 0 saturated heterocycles. The highest BCUT2D eigenvalue weighted by Crippen LogP contribution is 2.19. The molecule has 0 aliphatic carbocycles. The molecule has 0 aliphatic heterocycles. The van der Waals surface area contributed by atoms with Crippen LogP contribution in [0.3, 0.4) is 0 Å². The Balaban J connectivity index is 1.68. The Kier molecular flexibility index (Phi) is 7.77. The van der Waals surface area contributed by atoms with E-state index < -0.39 is 0 Å². The first-order valence-electron chi connectivity index (χ1n) is 9.00. The van der Waals surface area contributed by atoms with Crippen LogP contribution < -0.4 is 0 Å². The van der Waals surface area contributed by atoms with E-state index in [4.69, 9.17) is 4.74 Å². The van der Waals surface area contributed by atoms with Crippen LogP contribution in [0.1, 0.15) is 45.6 Å². The van der Waals surface area contributed by atoms with E-state index in [-0.39, 0.29) is 0 Å². The molecule has 2 aromatic carbocycles. The molecule has 2 aromatic rings. The fourth-order valence-electron chi connectivity index (χ4n) is 2.70. The summed E-state index contributed by atoms with van der Waals surface area (Å²) in [7, 11) is 0. The van der Waals surface area contributed by atoms with Gasteiger partial charge in [0.2, 0.25) is 0 Å². The zero-order valence-corrected chi connectivity index (χ0v) is 15.3. The van der Waals surface area contributed by atoms with E-state index in [1.807, 2.05) is 6.07 Å². The maximum Gasteiger partial charge on any atom is 0.0716 e. The number of ether oxygens (including phenoxy) is 1. The SMILES string of the molecule is CC(C)=CCCC(C)CCOCc1ccc(-c2ccccc2)cc1. The molecular formula is C23H30O. The van der Waals surface area contributed by atoms with E-state index >= 15 is 0 Å². The number of hydrogen-bond acceptors (Lipinski definition) is 1. The quantitative estimate of drug-likeness (QED) is 0.371. The second-order valence-electron chi connectivity index (χ2n) is 6.87. The molecule has 0 N–H and O–H groups in total. The summed E-state index contributed by atoms with van der Waals surface area (Å²) in [5.41, 5.74) is 5.17. The minimum absolute atomic E-state index is 0.704. The molecule has 0 saturated carbocycles. The predicted molar refractivity (Wildman–Crippen MR) is 104 cm³/mol. The van der Waals surface area contributed by atoms with Crippen LogP contribution in [-0.2, 0) is 11.3 Å². The molecule has 24 heavy (non-hydrogen) atoms. The lowest BCUT2D eigenvalue weighted by Gasteiger charge is -2.11. The molecule has 0 bridgehead atoms. The maximum atomic E-state index is 5.85. The van der Waals surface area contributed by atoms with Crippen molar-refractivity contribution in [3.8, 4) is 11.1 Å². The minimum Gasteiger partial charge on any atom is -0.377 e. The molecule has 2 rings (SSSR count). The topological polar surface area (TPSA) is 9.23 Å². The standard InChI is InChI=1S/C23H30O/c1-19(2)8-7-9-20(3)16-17-24-18-21-12-14-23(15-13-21)22-10-5-4-6-11-22/h4-6,8,10-15,20H,7,9,16-18H2,1-3H3. The lowest BCUT2D eigenvalue weighted by atomic mass is 10.0. The Morgan fingerprint density at radius 1 is 0.917 bits per heavy atom. The summed E-state index contributed by atoms with van der Waals surface area (Å²) < 4.78 is 5.85. The lowest BCUT2D eigenvalue weighted by molar-refractivity contribution is 0.108. The molecular weight excluding hydrogens is 292 g/mol. The highest BCUT2D eigenvalue weighted by Gasteiger charge is 2.02. The van der Waals surface area contributed by atoms with Crippen molar-refractivity contribution in [2.45, 2.75) is 46.6 Å². The van der Waals surface area contributed by atoms with Gasteiger partial charge in [0.1, 0.15) is 0 Å². The van der Waals surface area contributed by atoms with Crippen LogP contribution in [0.5, 0.6) is 0 Å². The van der Waals surface area contributed by atoms with E-state index in [9.17, 15) is 0 Å². The van der Waals surface area contributed by atoms with Crippen LogP contribution in [0.4, 0.5) is 0 Å². The molecule has 1 nitrogen and oxygen atoms in total. The van der Waals surface area contributed by atoms with Crippen LogP contribution >= 0.6 is 0 Å². The Hall–Kier alpha value is -1.86. The van der Waals surface area contributed by atoms with Crippen LogP contribution in [0.25, 0.3) is 11.1 Å². The number of hydrogen-bond donors (Lipinski definition) is 0. The molecule has 0 aliphatic rings. The van der Waals surface area contributed by atoms with Gasteiger partial charge in [-0.05, 0) is 55.7 Å². The fourth-order valence-corrected chi connectivity index (χ4v) is 2.70. The molecule has 1 atom stereocenters. The highest BCUT2D eigenvalue weighted by molar-refractivity contribution is 5.63. The van der Waals surface area contributed by atoms with Gasteiger partial charge in [0.15, 0.2) is 0 Å². The smallest absolute Gasteiger partial charge is 0.0716 e. The van der Waals surface area contributed by atoms with Crippen LogP contribution in [0, 0.1) is 5.92 Å². The van der Waals surface area contributed by atoms with Crippen molar-refractivity contribution < 1.29 is 4.74 Å². The molecule has 0 heterocycles. The van der Waals surface area contributed by atoms with Gasteiger partial charge in [-0.25, -0.2) is 0 Å². The van der Waals surface area contributed by atoms with Gasteiger partial charge in [-0.2, -0.15) is 0 Å². The van der Waals surface area contributed by atoms with Crippen molar-refractivity contribution in [1.29, 1.82) is 0 Å². The van der Waals surface area contributed by atoms with Crippen molar-refractivity contribution in [1.82, 2.24) is 0 Å². The van der Waals surface area contributed by atoms with E-state index in [2.05, 4.69) is 75.4 Å². The summed E-state index contributed by atoms with van der Waals surface area (Å²) in [4.78, 5) is 0. The lowest BCUT2D eigenvalue weighted by Crippen LogP contribution is -2.02. The summed E-state index contributed by atoms with van der Waals surface area (Å²) in [5.74, 6) is 0.723. The normalized spacial score (nSPS) is 12.0. The molecule has 0 fully saturated rings. The first-order chi connectivity index (χ1) is 11.6. The monoisotopic (exact) mass is 322 g/mol. The van der Waals surface area contributed by atoms with E-state index in [0.29, 0.717) is 6.61 Å². The average molecular weight is 322 g/mol. The van der Waals surface area contributed by atoms with Gasteiger partial charge < -0.3 is 4.74 Å². The molecule has 0 spiro atoms. The zero-order chi connectivity index (χ0) is 17.2. The minimum atomic E-state index is 0.704. The van der Waals surface area contributed by atoms with Crippen LogP contribution in [0.2, 0.25) is 0 Å². The van der Waals surface area contributed by atoms with Gasteiger partial charge in [0.05, 0.1) is 6.61 Å². The van der Waals surface area contributed by atoms with Crippen molar-refractivity contribution in [2.24, 2.45) is 5.92 Å². The van der Waals surface area contributed by atoms with Crippen molar-refractivity contribution in [3.05, 3.63) is 71.8 Å². The van der Waals surface area contributed by atoms with E-state index in [1.165, 1.54) is 35.1 Å². The Labute approximate surface area is 147 Å². The third-order valence-electron chi connectivity index (χ3n) is 4.30. The van der Waals surface area contributed by atoms with Crippen LogP contribution in [-0.4, -0.2) is 6.61 Å². The van der Waals surface area contributed by atoms with Crippen molar-refractivity contribution >= 4 is 0 Å². The van der Waals surface area contributed by atoms with Gasteiger partial charge in [-0.15, -0.1) is 0 Å². The van der Waals surface area contributed by atoms with E-state index in [1.54, 1.807) is 0 Å². The Morgan fingerprint density at radius 3 is 2.25 bits per heavy atom. The Morgan fingerprint density at radius 2 is 1.58 bits per heavy atom. The third kappa shape index (κ3) is 6.72. The fraction of sp³-hybridized carbons (Fsp3) is 0.391. The molecule has 1 heteroatoms. The zero-order valence-electron chi connectivity index (χ0n) is 15.3. The van der Waals surface area contributed by atoms with Gasteiger partial charge in [0, 0.05) is 6.61 Å². The van der Waals surface area contributed by atoms with Crippen molar-refractivity contribution in [2.75, 3.05) is 6.61 Å². The number of allylic oxidation sites excluding steroid dienone is 2. The maximum absolute atomic E-state index is 5.85.